The Bertz CT molecular complexity index is 879. The fraction of sp³-hybridized carbons (Fsp3) is 0.214. The minimum absolute atomic E-state index is 0.0952. The SMILES string of the molecule is CC(=O)N1c2cc(C)c(C)cc2Nc2[nH]c(=O)[nH]c(=O)c21. The molecule has 7 nitrogen and oxygen atoms in total. The average Bonchev–Trinajstić information content (AvgIpc) is 2.37. The van der Waals surface area contributed by atoms with Crippen molar-refractivity contribution in [3.63, 3.8) is 0 Å². The maximum absolute atomic E-state index is 12.1. The predicted molar refractivity (Wildman–Crippen MR) is 79.7 cm³/mol. The molecule has 0 aliphatic carbocycles. The van der Waals surface area contributed by atoms with Crippen molar-refractivity contribution in [2.45, 2.75) is 20.8 Å². The van der Waals surface area contributed by atoms with E-state index in [1.807, 2.05) is 26.0 Å². The molecule has 2 aromatic rings. The summed E-state index contributed by atoms with van der Waals surface area (Å²) in [4.78, 5) is 41.4. The standard InChI is InChI=1S/C14H14N4O3/c1-6-4-9-10(5-7(6)2)18(8(3)19)11-12(15-9)16-14(21)17-13(11)20/h4-5H,1-3H3,(H3,15,16,17,20,21). The summed E-state index contributed by atoms with van der Waals surface area (Å²) < 4.78 is 0. The molecule has 0 saturated carbocycles. The van der Waals surface area contributed by atoms with E-state index < -0.39 is 11.2 Å². The number of hydrogen-bond donors (Lipinski definition) is 3. The van der Waals surface area contributed by atoms with Crippen LogP contribution in [0.5, 0.6) is 0 Å². The fourth-order valence-electron chi connectivity index (χ4n) is 2.45. The number of benzene rings is 1. The first-order chi connectivity index (χ1) is 9.88. The van der Waals surface area contributed by atoms with E-state index in [2.05, 4.69) is 15.3 Å². The molecule has 1 amide bonds. The predicted octanol–water partition coefficient (Wildman–Crippen LogP) is 1.42. The van der Waals surface area contributed by atoms with Gasteiger partial charge in [-0.15, -0.1) is 0 Å². The van der Waals surface area contributed by atoms with Crippen molar-refractivity contribution >= 4 is 28.8 Å². The Morgan fingerprint density at radius 2 is 1.76 bits per heavy atom. The summed E-state index contributed by atoms with van der Waals surface area (Å²) in [5.41, 5.74) is 2.17. The van der Waals surface area contributed by atoms with Gasteiger partial charge >= 0.3 is 5.69 Å². The summed E-state index contributed by atoms with van der Waals surface area (Å²) in [6.45, 7) is 5.25. The minimum Gasteiger partial charge on any atom is -0.338 e. The van der Waals surface area contributed by atoms with E-state index in [0.29, 0.717) is 11.4 Å². The van der Waals surface area contributed by atoms with Crippen molar-refractivity contribution in [1.29, 1.82) is 0 Å². The zero-order valence-corrected chi connectivity index (χ0v) is 11.8. The van der Waals surface area contributed by atoms with E-state index in [1.54, 1.807) is 0 Å². The molecule has 1 aliphatic heterocycles. The highest BCUT2D eigenvalue weighted by molar-refractivity contribution is 6.07. The Balaban J connectivity index is 2.36. The molecule has 7 heteroatoms. The number of aromatic amines is 2. The number of H-pyrrole nitrogens is 2. The van der Waals surface area contributed by atoms with Crippen LogP contribution < -0.4 is 21.5 Å². The van der Waals surface area contributed by atoms with E-state index in [0.717, 1.165) is 11.1 Å². The van der Waals surface area contributed by atoms with Crippen molar-refractivity contribution in [2.24, 2.45) is 0 Å². The topological polar surface area (TPSA) is 98.1 Å². The number of carbonyl (C=O) groups is 1. The molecule has 0 radical (unpaired) electrons. The second-order valence-corrected chi connectivity index (χ2v) is 5.06. The lowest BCUT2D eigenvalue weighted by Gasteiger charge is -2.30. The molecule has 0 fully saturated rings. The summed E-state index contributed by atoms with van der Waals surface area (Å²) in [6.07, 6.45) is 0. The molecule has 108 valence electrons. The highest BCUT2D eigenvalue weighted by Crippen LogP contribution is 2.41. The van der Waals surface area contributed by atoms with Gasteiger partial charge in [-0.05, 0) is 37.1 Å². The van der Waals surface area contributed by atoms with Gasteiger partial charge in [0.2, 0.25) is 5.91 Å². The fourth-order valence-corrected chi connectivity index (χ4v) is 2.45. The Kier molecular flexibility index (Phi) is 2.72. The first-order valence-corrected chi connectivity index (χ1v) is 6.44. The van der Waals surface area contributed by atoms with Crippen LogP contribution in [0.4, 0.5) is 22.9 Å². The van der Waals surface area contributed by atoms with Crippen LogP contribution in [0.2, 0.25) is 0 Å². The number of nitrogens with one attached hydrogen (secondary N) is 3. The lowest BCUT2D eigenvalue weighted by molar-refractivity contribution is -0.115. The van der Waals surface area contributed by atoms with Gasteiger partial charge in [-0.1, -0.05) is 0 Å². The molecule has 3 rings (SSSR count). The highest BCUT2D eigenvalue weighted by Gasteiger charge is 2.29. The molecule has 21 heavy (non-hydrogen) atoms. The van der Waals surface area contributed by atoms with Gasteiger partial charge in [-0.2, -0.15) is 0 Å². The third-order valence-corrected chi connectivity index (χ3v) is 3.57. The Morgan fingerprint density at radius 3 is 2.43 bits per heavy atom. The van der Waals surface area contributed by atoms with Gasteiger partial charge in [0.15, 0.2) is 5.69 Å². The third-order valence-electron chi connectivity index (χ3n) is 3.57. The minimum atomic E-state index is -0.623. The maximum atomic E-state index is 12.1. The summed E-state index contributed by atoms with van der Waals surface area (Å²) in [6, 6.07) is 3.72. The van der Waals surface area contributed by atoms with Gasteiger partial charge in [0.25, 0.3) is 5.56 Å². The van der Waals surface area contributed by atoms with Gasteiger partial charge in [0.05, 0.1) is 11.4 Å². The van der Waals surface area contributed by atoms with Crippen LogP contribution in [0.15, 0.2) is 21.7 Å². The monoisotopic (exact) mass is 286 g/mol. The van der Waals surface area contributed by atoms with Gasteiger partial charge in [0, 0.05) is 6.92 Å². The summed E-state index contributed by atoms with van der Waals surface area (Å²) in [5, 5.41) is 3.01. The van der Waals surface area contributed by atoms with E-state index in [-0.39, 0.29) is 17.4 Å². The first-order valence-electron chi connectivity index (χ1n) is 6.44. The first kappa shape index (κ1) is 13.2. The second-order valence-electron chi connectivity index (χ2n) is 5.06. The molecule has 2 heterocycles. The number of fused-ring (bicyclic) bond motifs is 2. The number of nitrogens with zero attached hydrogens (tertiary/aromatic N) is 1. The molecule has 3 N–H and O–H groups in total. The van der Waals surface area contributed by atoms with E-state index in [1.165, 1.54) is 11.8 Å². The third kappa shape index (κ3) is 1.94. The molecule has 0 spiro atoms. The quantitative estimate of drug-likeness (QED) is 0.682. The van der Waals surface area contributed by atoms with E-state index >= 15 is 0 Å². The van der Waals surface area contributed by atoms with Crippen LogP contribution >= 0.6 is 0 Å². The number of hydrogen-bond acceptors (Lipinski definition) is 4. The Labute approximate surface area is 119 Å². The lowest BCUT2D eigenvalue weighted by Crippen LogP contribution is -2.36. The molecular weight excluding hydrogens is 272 g/mol. The molecule has 0 saturated heterocycles. The number of amides is 1. The number of aromatic nitrogens is 2. The molecule has 0 atom stereocenters. The molecular formula is C14H14N4O3. The van der Waals surface area contributed by atoms with E-state index in [4.69, 9.17) is 0 Å². The molecule has 0 unspecified atom stereocenters. The van der Waals surface area contributed by atoms with Gasteiger partial charge < -0.3 is 5.32 Å². The van der Waals surface area contributed by atoms with Crippen LogP contribution in [0, 0.1) is 13.8 Å². The number of rotatable bonds is 0. The van der Waals surface area contributed by atoms with Gasteiger partial charge in [-0.3, -0.25) is 24.5 Å². The Morgan fingerprint density at radius 1 is 1.10 bits per heavy atom. The van der Waals surface area contributed by atoms with Crippen molar-refractivity contribution in [3.8, 4) is 0 Å². The zero-order valence-electron chi connectivity index (χ0n) is 11.8. The second kappa shape index (κ2) is 4.34. The highest BCUT2D eigenvalue weighted by atomic mass is 16.2. The number of anilines is 4. The van der Waals surface area contributed by atoms with Crippen LogP contribution in [0.1, 0.15) is 18.1 Å². The maximum Gasteiger partial charge on any atom is 0.327 e. The van der Waals surface area contributed by atoms with Crippen molar-refractivity contribution in [3.05, 3.63) is 44.1 Å². The lowest BCUT2D eigenvalue weighted by atomic mass is 10.0. The molecule has 1 aromatic carbocycles. The summed E-state index contributed by atoms with van der Waals surface area (Å²) in [7, 11) is 0. The van der Waals surface area contributed by atoms with Crippen molar-refractivity contribution < 1.29 is 4.79 Å². The zero-order chi connectivity index (χ0) is 15.3. The van der Waals surface area contributed by atoms with Crippen molar-refractivity contribution in [1.82, 2.24) is 9.97 Å². The normalized spacial score (nSPS) is 12.4. The van der Waals surface area contributed by atoms with Crippen LogP contribution in [0.25, 0.3) is 0 Å². The number of aryl methyl sites for hydroxylation is 2. The van der Waals surface area contributed by atoms with Crippen LogP contribution in [0.3, 0.4) is 0 Å². The molecule has 1 aliphatic rings. The molecule has 1 aromatic heterocycles. The summed E-state index contributed by atoms with van der Waals surface area (Å²) in [5.74, 6) is -0.0884. The van der Waals surface area contributed by atoms with Gasteiger partial charge in [-0.25, -0.2) is 4.79 Å². The Hall–Kier alpha value is -2.83. The van der Waals surface area contributed by atoms with Crippen molar-refractivity contribution in [2.75, 3.05) is 10.2 Å². The molecule has 0 bridgehead atoms. The van der Waals surface area contributed by atoms with Gasteiger partial charge in [0.1, 0.15) is 5.82 Å². The largest absolute Gasteiger partial charge is 0.338 e. The number of carbonyl (C=O) groups excluding carboxylic acids is 1. The average molecular weight is 286 g/mol. The summed E-state index contributed by atoms with van der Waals surface area (Å²) >= 11 is 0. The van der Waals surface area contributed by atoms with Crippen LogP contribution in [-0.2, 0) is 4.79 Å². The smallest absolute Gasteiger partial charge is 0.327 e. The van der Waals surface area contributed by atoms with Crippen LogP contribution in [-0.4, -0.2) is 15.9 Å². The van der Waals surface area contributed by atoms with E-state index in [9.17, 15) is 14.4 Å².